The third-order valence-electron chi connectivity index (χ3n) is 3.19. The van der Waals surface area contributed by atoms with Crippen LogP contribution in [0.15, 0.2) is 24.3 Å². The number of ether oxygens (including phenoxy) is 2. The van der Waals surface area contributed by atoms with E-state index in [1.807, 2.05) is 0 Å². The molecular weight excluding hydrogens is 238 g/mol. The van der Waals surface area contributed by atoms with E-state index >= 15 is 0 Å². The normalized spacial score (nSPS) is 27.8. The Morgan fingerprint density at radius 2 is 2.22 bits per heavy atom. The van der Waals surface area contributed by atoms with Crippen LogP contribution in [0.5, 0.6) is 5.75 Å². The van der Waals surface area contributed by atoms with Gasteiger partial charge in [0.05, 0.1) is 13.0 Å². The van der Waals surface area contributed by atoms with Gasteiger partial charge in [-0.15, -0.1) is 0 Å². The van der Waals surface area contributed by atoms with E-state index < -0.39 is 18.2 Å². The van der Waals surface area contributed by atoms with Crippen LogP contribution in [0.2, 0.25) is 0 Å². The number of hydrogen-bond acceptors (Lipinski definition) is 5. The quantitative estimate of drug-likeness (QED) is 0.645. The van der Waals surface area contributed by atoms with Gasteiger partial charge in [0.25, 0.3) is 0 Å². The van der Waals surface area contributed by atoms with Crippen molar-refractivity contribution in [3.8, 4) is 5.75 Å². The number of rotatable bonds is 3. The molecule has 2 rings (SSSR count). The van der Waals surface area contributed by atoms with Crippen LogP contribution in [0.1, 0.15) is 17.9 Å². The number of benzene rings is 1. The average molecular weight is 253 g/mol. The summed E-state index contributed by atoms with van der Waals surface area (Å²) in [5.74, 6) is 0.198. The zero-order chi connectivity index (χ0) is 13.1. The Morgan fingerprint density at radius 3 is 2.89 bits per heavy atom. The van der Waals surface area contributed by atoms with Crippen LogP contribution in [0.3, 0.4) is 0 Å². The van der Waals surface area contributed by atoms with Crippen molar-refractivity contribution in [2.45, 2.75) is 24.7 Å². The molecule has 98 valence electrons. The molecule has 0 bridgehead atoms. The lowest BCUT2D eigenvalue weighted by Gasteiger charge is -2.29. The summed E-state index contributed by atoms with van der Waals surface area (Å²) in [6, 6.07) is 6.30. The lowest BCUT2D eigenvalue weighted by atomic mass is 9.86. The molecule has 3 atom stereocenters. The summed E-state index contributed by atoms with van der Waals surface area (Å²) in [7, 11) is 1.52. The van der Waals surface area contributed by atoms with E-state index in [-0.39, 0.29) is 18.0 Å². The Kier molecular flexibility index (Phi) is 3.78. The zero-order valence-corrected chi connectivity index (χ0v) is 9.98. The van der Waals surface area contributed by atoms with Crippen molar-refractivity contribution in [3.05, 3.63) is 39.9 Å². The number of aliphatic hydroxyl groups is 1. The molecule has 1 unspecified atom stereocenters. The third kappa shape index (κ3) is 2.44. The monoisotopic (exact) mass is 253 g/mol. The number of methoxy groups -OCH3 is 1. The fraction of sp³-hybridized carbons (Fsp3) is 0.500. The van der Waals surface area contributed by atoms with Crippen LogP contribution in [-0.2, 0) is 4.74 Å². The maximum atomic E-state index is 11.0. The highest BCUT2D eigenvalue weighted by atomic mass is 16.6. The van der Waals surface area contributed by atoms with Gasteiger partial charge in [0.1, 0.15) is 12.4 Å². The van der Waals surface area contributed by atoms with Crippen molar-refractivity contribution < 1.29 is 19.5 Å². The van der Waals surface area contributed by atoms with Crippen molar-refractivity contribution >= 4 is 0 Å². The molecule has 0 spiro atoms. The number of hydrogen-bond donors (Lipinski definition) is 1. The second-order valence-electron chi connectivity index (χ2n) is 4.22. The largest absolute Gasteiger partial charge is 0.496 e. The molecular formula is C12H15NO5. The van der Waals surface area contributed by atoms with Gasteiger partial charge < -0.3 is 14.6 Å². The van der Waals surface area contributed by atoms with E-state index in [1.54, 1.807) is 24.3 Å². The summed E-state index contributed by atoms with van der Waals surface area (Å²) >= 11 is 0. The minimum absolute atomic E-state index is 0.0864. The standard InChI is InChI=1S/C12H15NO5/c1-17-11-5-3-2-4-8(11)9-6-12(14)18-7-10(9)13(15)16/h2-5,9-10,12,14H,6-7H2,1H3/t9-,10+,12?/m0/s1. The Labute approximate surface area is 104 Å². The van der Waals surface area contributed by atoms with Gasteiger partial charge in [-0.3, -0.25) is 10.1 Å². The highest BCUT2D eigenvalue weighted by Gasteiger charge is 2.40. The molecule has 18 heavy (non-hydrogen) atoms. The second kappa shape index (κ2) is 5.32. The number of aliphatic hydroxyl groups excluding tert-OH is 1. The van der Waals surface area contributed by atoms with Crippen molar-refractivity contribution in [1.29, 1.82) is 0 Å². The van der Waals surface area contributed by atoms with Crippen LogP contribution in [-0.4, -0.2) is 36.1 Å². The fourth-order valence-electron chi connectivity index (χ4n) is 2.28. The van der Waals surface area contributed by atoms with Crippen LogP contribution in [0, 0.1) is 10.1 Å². The van der Waals surface area contributed by atoms with Crippen molar-refractivity contribution in [2.75, 3.05) is 13.7 Å². The topological polar surface area (TPSA) is 81.8 Å². The molecule has 1 N–H and O–H groups in total. The molecule has 0 saturated carbocycles. The average Bonchev–Trinajstić information content (AvgIpc) is 2.38. The Bertz CT molecular complexity index is 436. The minimum atomic E-state index is -0.962. The Morgan fingerprint density at radius 1 is 1.50 bits per heavy atom. The number of para-hydroxylation sites is 1. The summed E-state index contributed by atoms with van der Waals surface area (Å²) < 4.78 is 10.2. The van der Waals surface area contributed by atoms with Crippen LogP contribution < -0.4 is 4.74 Å². The van der Waals surface area contributed by atoms with Gasteiger partial charge in [-0.05, 0) is 6.07 Å². The molecule has 6 heteroatoms. The molecule has 1 aromatic carbocycles. The fourth-order valence-corrected chi connectivity index (χ4v) is 2.28. The first-order chi connectivity index (χ1) is 8.63. The predicted octanol–water partition coefficient (Wildman–Crippen LogP) is 1.16. The van der Waals surface area contributed by atoms with Crippen LogP contribution >= 0.6 is 0 Å². The van der Waals surface area contributed by atoms with Gasteiger partial charge in [0, 0.05) is 16.9 Å². The maximum absolute atomic E-state index is 11.0. The first kappa shape index (κ1) is 12.8. The zero-order valence-electron chi connectivity index (χ0n) is 9.98. The molecule has 0 aromatic heterocycles. The van der Waals surface area contributed by atoms with Crippen LogP contribution in [0.25, 0.3) is 0 Å². The van der Waals surface area contributed by atoms with E-state index in [0.717, 1.165) is 5.56 Å². The van der Waals surface area contributed by atoms with E-state index in [9.17, 15) is 15.2 Å². The van der Waals surface area contributed by atoms with Crippen molar-refractivity contribution in [2.24, 2.45) is 0 Å². The molecule has 1 aliphatic rings. The van der Waals surface area contributed by atoms with Gasteiger partial charge in [-0.25, -0.2) is 0 Å². The molecule has 0 radical (unpaired) electrons. The molecule has 1 heterocycles. The third-order valence-corrected chi connectivity index (χ3v) is 3.19. The maximum Gasteiger partial charge on any atom is 0.243 e. The second-order valence-corrected chi connectivity index (χ2v) is 4.22. The molecule has 1 aliphatic heterocycles. The Hall–Kier alpha value is -1.66. The van der Waals surface area contributed by atoms with E-state index in [2.05, 4.69) is 0 Å². The number of nitrogens with zero attached hydrogens (tertiary/aromatic N) is 1. The SMILES string of the molecule is COc1ccccc1[C@@H]1CC(O)OC[C@H]1[N+](=O)[O-]. The molecule has 1 fully saturated rings. The van der Waals surface area contributed by atoms with E-state index in [4.69, 9.17) is 9.47 Å². The van der Waals surface area contributed by atoms with Crippen molar-refractivity contribution in [3.63, 3.8) is 0 Å². The lowest BCUT2D eigenvalue weighted by molar-refractivity contribution is -0.538. The highest BCUT2D eigenvalue weighted by molar-refractivity contribution is 5.37. The highest BCUT2D eigenvalue weighted by Crippen LogP contribution is 2.36. The predicted molar refractivity (Wildman–Crippen MR) is 63.1 cm³/mol. The first-order valence-corrected chi connectivity index (χ1v) is 5.69. The minimum Gasteiger partial charge on any atom is -0.496 e. The van der Waals surface area contributed by atoms with Gasteiger partial charge in [0.2, 0.25) is 6.04 Å². The van der Waals surface area contributed by atoms with Gasteiger partial charge in [-0.1, -0.05) is 18.2 Å². The van der Waals surface area contributed by atoms with Gasteiger partial charge >= 0.3 is 0 Å². The van der Waals surface area contributed by atoms with Gasteiger partial charge in [0.15, 0.2) is 6.29 Å². The van der Waals surface area contributed by atoms with E-state index in [0.29, 0.717) is 5.75 Å². The van der Waals surface area contributed by atoms with E-state index in [1.165, 1.54) is 7.11 Å². The summed E-state index contributed by atoms with van der Waals surface area (Å²) in [5, 5.41) is 20.6. The lowest BCUT2D eigenvalue weighted by Crippen LogP contribution is -2.41. The summed E-state index contributed by atoms with van der Waals surface area (Å²) in [5.41, 5.74) is 0.740. The summed E-state index contributed by atoms with van der Waals surface area (Å²) in [6.07, 6.45) is -0.762. The molecule has 1 saturated heterocycles. The smallest absolute Gasteiger partial charge is 0.243 e. The molecule has 0 aliphatic carbocycles. The first-order valence-electron chi connectivity index (χ1n) is 5.69. The summed E-state index contributed by atoms with van der Waals surface area (Å²) in [4.78, 5) is 10.7. The Balaban J connectivity index is 2.34. The molecule has 0 amide bonds. The van der Waals surface area contributed by atoms with Gasteiger partial charge in [-0.2, -0.15) is 0 Å². The number of nitro groups is 1. The molecule has 1 aromatic rings. The molecule has 6 nitrogen and oxygen atoms in total. The summed E-state index contributed by atoms with van der Waals surface area (Å²) in [6.45, 7) is -0.0864. The van der Waals surface area contributed by atoms with Crippen molar-refractivity contribution in [1.82, 2.24) is 0 Å². The van der Waals surface area contributed by atoms with Crippen LogP contribution in [0.4, 0.5) is 0 Å².